The van der Waals surface area contributed by atoms with E-state index in [1.807, 2.05) is 24.3 Å². The Morgan fingerprint density at radius 2 is 1.70 bits per heavy atom. The van der Waals surface area contributed by atoms with Gasteiger partial charge in [-0.05, 0) is 89.3 Å². The lowest BCUT2D eigenvalue weighted by atomic mass is 9.49. The molecule has 0 spiro atoms. The third-order valence-corrected chi connectivity index (χ3v) is 7.79. The van der Waals surface area contributed by atoms with Crippen LogP contribution >= 0.6 is 0 Å². The summed E-state index contributed by atoms with van der Waals surface area (Å²) in [5.74, 6) is 3.11. The minimum absolute atomic E-state index is 0.338. The van der Waals surface area contributed by atoms with Crippen LogP contribution in [0, 0.1) is 17.3 Å². The van der Waals surface area contributed by atoms with E-state index in [0.717, 1.165) is 12.3 Å². The molecule has 1 fully saturated rings. The molecule has 144 valence electrons. The molecular weight excluding hydrogens is 332 g/mol. The molecule has 0 aromatic heterocycles. The minimum Gasteiger partial charge on any atom is -0.508 e. The molecule has 0 aliphatic heterocycles. The maximum atomic E-state index is 9.99. The molecule has 27 heavy (non-hydrogen) atoms. The summed E-state index contributed by atoms with van der Waals surface area (Å²) in [6.45, 7) is 7.21. The Kier molecular flexibility index (Phi) is 4.70. The summed E-state index contributed by atoms with van der Waals surface area (Å²) < 4.78 is 0. The van der Waals surface area contributed by atoms with E-state index in [1.165, 1.54) is 42.4 Å². The van der Waals surface area contributed by atoms with Gasteiger partial charge in [-0.25, -0.2) is 0 Å². The van der Waals surface area contributed by atoms with Crippen molar-refractivity contribution in [2.24, 2.45) is 17.3 Å². The fraction of sp³-hybridized carbons (Fsp3) is 0.520. The van der Waals surface area contributed by atoms with Gasteiger partial charge in [0.25, 0.3) is 0 Å². The molecule has 0 heterocycles. The van der Waals surface area contributed by atoms with Crippen LogP contribution in [-0.4, -0.2) is 10.2 Å². The van der Waals surface area contributed by atoms with Gasteiger partial charge in [0, 0.05) is 0 Å². The number of rotatable bonds is 3. The molecule has 5 unspecified atom stereocenters. The second-order valence-corrected chi connectivity index (χ2v) is 9.04. The highest BCUT2D eigenvalue weighted by molar-refractivity contribution is 5.43. The highest BCUT2D eigenvalue weighted by Gasteiger charge is 2.51. The Morgan fingerprint density at radius 1 is 1.00 bits per heavy atom. The summed E-state index contributed by atoms with van der Waals surface area (Å²) in [6, 6.07) is 13.9. The van der Waals surface area contributed by atoms with E-state index >= 15 is 0 Å². The summed E-state index contributed by atoms with van der Waals surface area (Å²) in [7, 11) is 0. The van der Waals surface area contributed by atoms with Crippen molar-refractivity contribution >= 4 is 0 Å². The molecule has 0 bridgehead atoms. The van der Waals surface area contributed by atoms with Crippen molar-refractivity contribution in [2.75, 3.05) is 0 Å². The lowest BCUT2D eigenvalue weighted by molar-refractivity contribution is 0.0112. The topological polar surface area (TPSA) is 40.5 Å². The normalized spacial score (nSPS) is 32.6. The number of aryl methyl sites for hydroxylation is 1. The fourth-order valence-corrected chi connectivity index (χ4v) is 6.38. The van der Waals surface area contributed by atoms with Gasteiger partial charge in [0.1, 0.15) is 11.5 Å². The van der Waals surface area contributed by atoms with Crippen molar-refractivity contribution in [3.63, 3.8) is 0 Å². The quantitative estimate of drug-likeness (QED) is 0.664. The first kappa shape index (κ1) is 18.4. The van der Waals surface area contributed by atoms with Gasteiger partial charge in [-0.1, -0.05) is 51.8 Å². The summed E-state index contributed by atoms with van der Waals surface area (Å²) in [5.41, 5.74) is 4.47. The molecule has 0 amide bonds. The highest BCUT2D eigenvalue weighted by Crippen LogP contribution is 2.62. The first-order valence-electron chi connectivity index (χ1n) is 10.6. The Morgan fingerprint density at radius 3 is 2.37 bits per heavy atom. The number of fused-ring (bicyclic) bond motifs is 3. The first-order valence-corrected chi connectivity index (χ1v) is 10.6. The molecule has 0 radical (unpaired) electrons. The molecule has 2 N–H and O–H groups in total. The van der Waals surface area contributed by atoms with Crippen LogP contribution in [0.2, 0.25) is 0 Å². The highest BCUT2D eigenvalue weighted by atomic mass is 16.3. The van der Waals surface area contributed by atoms with Gasteiger partial charge in [0.15, 0.2) is 0 Å². The van der Waals surface area contributed by atoms with Gasteiger partial charge in [-0.3, -0.25) is 0 Å². The molecule has 5 atom stereocenters. The van der Waals surface area contributed by atoms with Gasteiger partial charge >= 0.3 is 0 Å². The fourth-order valence-electron chi connectivity index (χ4n) is 6.38. The predicted octanol–water partition coefficient (Wildman–Crippen LogP) is 6.37. The number of hydrogen-bond donors (Lipinski definition) is 2. The Hall–Kier alpha value is -1.96. The number of phenolic OH excluding ortho intramolecular Hbond substituents is 2. The largest absolute Gasteiger partial charge is 0.508 e. The van der Waals surface area contributed by atoms with Gasteiger partial charge < -0.3 is 10.2 Å². The minimum atomic E-state index is 0.338. The maximum absolute atomic E-state index is 9.99. The van der Waals surface area contributed by atoms with Gasteiger partial charge in [-0.2, -0.15) is 0 Å². The third-order valence-electron chi connectivity index (χ3n) is 7.79. The zero-order valence-corrected chi connectivity index (χ0v) is 16.8. The van der Waals surface area contributed by atoms with Crippen molar-refractivity contribution in [3.8, 4) is 11.5 Å². The van der Waals surface area contributed by atoms with Crippen LogP contribution in [0.3, 0.4) is 0 Å². The molecule has 2 nitrogen and oxygen atoms in total. The lowest BCUT2D eigenvalue weighted by Gasteiger charge is -2.55. The Balaban J connectivity index is 1.85. The maximum Gasteiger partial charge on any atom is 0.115 e. The zero-order chi connectivity index (χ0) is 19.2. The van der Waals surface area contributed by atoms with E-state index in [1.54, 1.807) is 0 Å². The third kappa shape index (κ3) is 3.03. The van der Waals surface area contributed by atoms with Crippen LogP contribution in [-0.2, 0) is 6.42 Å². The van der Waals surface area contributed by atoms with Gasteiger partial charge in [0.2, 0.25) is 0 Å². The van der Waals surface area contributed by atoms with Crippen molar-refractivity contribution < 1.29 is 10.2 Å². The second kappa shape index (κ2) is 6.89. The molecule has 2 aromatic carbocycles. The summed E-state index contributed by atoms with van der Waals surface area (Å²) in [6.07, 6.45) is 5.93. The molecule has 4 rings (SSSR count). The molecule has 2 aliphatic rings. The van der Waals surface area contributed by atoms with Crippen LogP contribution in [0.25, 0.3) is 0 Å². The SMILES string of the molecule is CCC1C2CCc3cc(O)ccc3C2C(c2ccc(O)cc2)CC1(C)CC. The zero-order valence-electron chi connectivity index (χ0n) is 16.8. The van der Waals surface area contributed by atoms with Crippen LogP contribution in [0.1, 0.15) is 75.0 Å². The molecule has 2 aromatic rings. The molecule has 2 aliphatic carbocycles. The second-order valence-electron chi connectivity index (χ2n) is 9.04. The Labute approximate surface area is 163 Å². The van der Waals surface area contributed by atoms with Crippen LogP contribution in [0.4, 0.5) is 0 Å². The predicted molar refractivity (Wildman–Crippen MR) is 110 cm³/mol. The smallest absolute Gasteiger partial charge is 0.115 e. The monoisotopic (exact) mass is 364 g/mol. The van der Waals surface area contributed by atoms with Crippen molar-refractivity contribution in [1.29, 1.82) is 0 Å². The molecular formula is C25H32O2. The molecule has 2 heteroatoms. The van der Waals surface area contributed by atoms with E-state index < -0.39 is 0 Å². The standard InChI is InChI=1S/C25H32O2/c1-4-23-21-12-8-17-14-19(27)11-13-20(17)24(21)22(15-25(23,3)5-2)16-6-9-18(26)10-7-16/h6-7,9-11,13-14,21-24,26-27H,4-5,8,12,15H2,1-3H3. The molecule has 0 saturated heterocycles. The number of aromatic hydroxyl groups is 2. The summed E-state index contributed by atoms with van der Waals surface area (Å²) >= 11 is 0. The number of benzene rings is 2. The van der Waals surface area contributed by atoms with Gasteiger partial charge in [0.05, 0.1) is 0 Å². The van der Waals surface area contributed by atoms with Crippen molar-refractivity contribution in [3.05, 3.63) is 59.2 Å². The lowest BCUT2D eigenvalue weighted by Crippen LogP contribution is -2.45. The number of hydrogen-bond acceptors (Lipinski definition) is 2. The van der Waals surface area contributed by atoms with Crippen LogP contribution < -0.4 is 0 Å². The van der Waals surface area contributed by atoms with Crippen molar-refractivity contribution in [1.82, 2.24) is 0 Å². The van der Waals surface area contributed by atoms with E-state index in [2.05, 4.69) is 39.0 Å². The van der Waals surface area contributed by atoms with Gasteiger partial charge in [-0.15, -0.1) is 0 Å². The summed E-state index contributed by atoms with van der Waals surface area (Å²) in [4.78, 5) is 0. The summed E-state index contributed by atoms with van der Waals surface area (Å²) in [5, 5.41) is 19.8. The van der Waals surface area contributed by atoms with Crippen molar-refractivity contribution in [2.45, 2.75) is 64.7 Å². The van der Waals surface area contributed by atoms with E-state index in [9.17, 15) is 10.2 Å². The average molecular weight is 365 g/mol. The van der Waals surface area contributed by atoms with E-state index in [-0.39, 0.29) is 0 Å². The molecule has 1 saturated carbocycles. The Bertz CT molecular complexity index is 810. The average Bonchev–Trinajstić information content (AvgIpc) is 2.67. The van der Waals surface area contributed by atoms with Crippen LogP contribution in [0.5, 0.6) is 11.5 Å². The first-order chi connectivity index (χ1) is 13.0. The van der Waals surface area contributed by atoms with E-state index in [4.69, 9.17) is 0 Å². The van der Waals surface area contributed by atoms with Crippen LogP contribution in [0.15, 0.2) is 42.5 Å². The number of phenols is 2. The van der Waals surface area contributed by atoms with E-state index in [0.29, 0.717) is 34.7 Å².